The zero-order valence-corrected chi connectivity index (χ0v) is 19.4. The van der Waals surface area contributed by atoms with Gasteiger partial charge in [-0.1, -0.05) is 54.6 Å². The number of rotatable bonds is 4. The molecule has 0 aliphatic carbocycles. The summed E-state index contributed by atoms with van der Waals surface area (Å²) in [7, 11) is 1.59. The monoisotopic (exact) mass is 476 g/mol. The molecule has 3 nitrogen and oxygen atoms in total. The van der Waals surface area contributed by atoms with Crippen molar-refractivity contribution in [3.8, 4) is 17.2 Å². The van der Waals surface area contributed by atoms with Crippen LogP contribution >= 0.6 is 0 Å². The van der Waals surface area contributed by atoms with Gasteiger partial charge in [0.25, 0.3) is 0 Å². The SMILES string of the molecule is COc1ccc(C2(c3ccc(OC(F)(F)F)cc3)C=Cc3c(C)c(C)c4ccccc4c3O2)cc1. The van der Waals surface area contributed by atoms with Crippen LogP contribution in [0.15, 0.2) is 78.9 Å². The van der Waals surface area contributed by atoms with Crippen LogP contribution in [0.5, 0.6) is 17.2 Å². The highest BCUT2D eigenvalue weighted by atomic mass is 19.4. The smallest absolute Gasteiger partial charge is 0.497 e. The number of aryl methyl sites for hydroxylation is 1. The van der Waals surface area contributed by atoms with Crippen LogP contribution in [0.1, 0.15) is 27.8 Å². The van der Waals surface area contributed by atoms with Gasteiger partial charge in [0.1, 0.15) is 17.2 Å². The zero-order chi connectivity index (χ0) is 24.8. The lowest BCUT2D eigenvalue weighted by Crippen LogP contribution is -2.34. The van der Waals surface area contributed by atoms with Gasteiger partial charge in [-0.15, -0.1) is 13.2 Å². The summed E-state index contributed by atoms with van der Waals surface area (Å²) in [5.41, 5.74) is 3.70. The molecule has 1 aliphatic rings. The Morgan fingerprint density at radius 3 is 1.89 bits per heavy atom. The molecule has 1 aliphatic heterocycles. The van der Waals surface area contributed by atoms with Gasteiger partial charge in [-0.05, 0) is 60.7 Å². The number of hydrogen-bond acceptors (Lipinski definition) is 3. The first-order valence-electron chi connectivity index (χ1n) is 11.1. The lowest BCUT2D eigenvalue weighted by Gasteiger charge is -2.37. The van der Waals surface area contributed by atoms with Crippen molar-refractivity contribution in [1.29, 1.82) is 0 Å². The Kier molecular flexibility index (Phi) is 5.47. The van der Waals surface area contributed by atoms with Gasteiger partial charge in [-0.2, -0.15) is 0 Å². The van der Waals surface area contributed by atoms with Crippen molar-refractivity contribution < 1.29 is 27.4 Å². The van der Waals surface area contributed by atoms with Gasteiger partial charge in [0.2, 0.25) is 0 Å². The molecule has 0 radical (unpaired) electrons. The molecule has 0 bridgehead atoms. The van der Waals surface area contributed by atoms with E-state index in [9.17, 15) is 13.2 Å². The molecular formula is C29H23F3O3. The Morgan fingerprint density at radius 1 is 0.743 bits per heavy atom. The van der Waals surface area contributed by atoms with Crippen LogP contribution in [0.3, 0.4) is 0 Å². The number of fused-ring (bicyclic) bond motifs is 3. The summed E-state index contributed by atoms with van der Waals surface area (Å²) in [5.74, 6) is 1.14. The first kappa shape index (κ1) is 22.8. The van der Waals surface area contributed by atoms with Crippen LogP contribution in [0, 0.1) is 13.8 Å². The molecule has 0 amide bonds. The molecule has 5 rings (SSSR count). The third kappa shape index (κ3) is 3.99. The molecule has 0 saturated carbocycles. The summed E-state index contributed by atoms with van der Waals surface area (Å²) in [6, 6.07) is 21.3. The van der Waals surface area contributed by atoms with E-state index in [2.05, 4.69) is 24.7 Å². The fraction of sp³-hybridized carbons (Fsp3) is 0.172. The lowest BCUT2D eigenvalue weighted by molar-refractivity contribution is -0.274. The van der Waals surface area contributed by atoms with Crippen LogP contribution in [0.2, 0.25) is 0 Å². The molecular weight excluding hydrogens is 453 g/mol. The largest absolute Gasteiger partial charge is 0.573 e. The van der Waals surface area contributed by atoms with Crippen LogP contribution in [0.4, 0.5) is 13.2 Å². The summed E-state index contributed by atoms with van der Waals surface area (Å²) >= 11 is 0. The molecule has 0 N–H and O–H groups in total. The molecule has 4 aromatic rings. The van der Waals surface area contributed by atoms with Crippen molar-refractivity contribution in [3.63, 3.8) is 0 Å². The summed E-state index contributed by atoms with van der Waals surface area (Å²) in [5, 5.41) is 2.07. The minimum absolute atomic E-state index is 0.289. The number of halogens is 3. The fourth-order valence-electron chi connectivity index (χ4n) is 4.65. The normalized spacial score (nSPS) is 17.1. The van der Waals surface area contributed by atoms with Crippen molar-refractivity contribution >= 4 is 16.8 Å². The number of ether oxygens (including phenoxy) is 3. The molecule has 178 valence electrons. The lowest BCUT2D eigenvalue weighted by atomic mass is 9.82. The summed E-state index contributed by atoms with van der Waals surface area (Å²) < 4.78 is 54.4. The average Bonchev–Trinajstić information content (AvgIpc) is 2.86. The summed E-state index contributed by atoms with van der Waals surface area (Å²) in [6.45, 7) is 4.16. The molecule has 4 aromatic carbocycles. The molecule has 35 heavy (non-hydrogen) atoms. The third-order valence-corrected chi connectivity index (χ3v) is 6.57. The topological polar surface area (TPSA) is 27.7 Å². The summed E-state index contributed by atoms with van der Waals surface area (Å²) in [6.07, 6.45) is -0.764. The minimum Gasteiger partial charge on any atom is -0.497 e. The Labute approximate surface area is 201 Å². The minimum atomic E-state index is -4.76. The molecule has 1 heterocycles. The van der Waals surface area contributed by atoms with Crippen molar-refractivity contribution in [1.82, 2.24) is 0 Å². The highest BCUT2D eigenvalue weighted by Crippen LogP contribution is 2.47. The van der Waals surface area contributed by atoms with Crippen molar-refractivity contribution in [2.24, 2.45) is 0 Å². The number of benzene rings is 4. The van der Waals surface area contributed by atoms with E-state index in [-0.39, 0.29) is 5.75 Å². The van der Waals surface area contributed by atoms with Gasteiger partial charge in [0, 0.05) is 22.1 Å². The van der Waals surface area contributed by atoms with Crippen LogP contribution in [0.25, 0.3) is 16.8 Å². The standard InChI is InChI=1S/C29H23F3O3/c1-18-19(2)25-16-17-28(20-8-12-22(33-3)13-9-20,35-27(25)26-7-5-4-6-24(18)26)21-10-14-23(15-11-21)34-29(30,31)32/h4-17H,1-3H3. The Balaban J connectivity index is 1.70. The first-order chi connectivity index (χ1) is 16.7. The van der Waals surface area contributed by atoms with Crippen molar-refractivity contribution in [2.75, 3.05) is 7.11 Å². The maximum Gasteiger partial charge on any atom is 0.573 e. The van der Waals surface area contributed by atoms with Gasteiger partial charge in [-0.25, -0.2) is 0 Å². The van der Waals surface area contributed by atoms with Gasteiger partial charge in [0.15, 0.2) is 5.60 Å². The highest BCUT2D eigenvalue weighted by Gasteiger charge is 2.39. The van der Waals surface area contributed by atoms with E-state index in [1.165, 1.54) is 17.7 Å². The van der Waals surface area contributed by atoms with Crippen LogP contribution in [-0.2, 0) is 5.60 Å². The second kappa shape index (κ2) is 8.38. The molecule has 0 spiro atoms. The van der Waals surface area contributed by atoms with E-state index in [4.69, 9.17) is 9.47 Å². The molecule has 1 unspecified atom stereocenters. The maximum absolute atomic E-state index is 12.7. The van der Waals surface area contributed by atoms with Gasteiger partial charge >= 0.3 is 6.36 Å². The zero-order valence-electron chi connectivity index (χ0n) is 19.4. The maximum atomic E-state index is 12.7. The average molecular weight is 476 g/mol. The molecule has 1 atom stereocenters. The highest BCUT2D eigenvalue weighted by molar-refractivity contribution is 5.96. The molecule has 0 aromatic heterocycles. The fourth-order valence-corrected chi connectivity index (χ4v) is 4.65. The van der Waals surface area contributed by atoms with Crippen LogP contribution < -0.4 is 14.2 Å². The number of alkyl halides is 3. The molecule has 6 heteroatoms. The molecule has 0 saturated heterocycles. The Bertz CT molecular complexity index is 1420. The number of hydrogen-bond donors (Lipinski definition) is 0. The Morgan fingerprint density at radius 2 is 1.31 bits per heavy atom. The van der Waals surface area contributed by atoms with E-state index in [1.807, 2.05) is 54.6 Å². The van der Waals surface area contributed by atoms with E-state index < -0.39 is 12.0 Å². The Hall–Kier alpha value is -3.93. The quantitative estimate of drug-likeness (QED) is 0.302. The first-order valence-corrected chi connectivity index (χ1v) is 11.1. The third-order valence-electron chi connectivity index (χ3n) is 6.57. The number of methoxy groups -OCH3 is 1. The van der Waals surface area contributed by atoms with E-state index in [1.54, 1.807) is 19.2 Å². The van der Waals surface area contributed by atoms with Crippen molar-refractivity contribution in [3.05, 3.63) is 107 Å². The van der Waals surface area contributed by atoms with Crippen LogP contribution in [-0.4, -0.2) is 13.5 Å². The predicted molar refractivity (Wildman–Crippen MR) is 130 cm³/mol. The second-order valence-corrected chi connectivity index (χ2v) is 8.51. The van der Waals surface area contributed by atoms with E-state index in [0.29, 0.717) is 11.3 Å². The summed E-state index contributed by atoms with van der Waals surface area (Å²) in [4.78, 5) is 0. The van der Waals surface area contributed by atoms with Gasteiger partial charge < -0.3 is 14.2 Å². The predicted octanol–water partition coefficient (Wildman–Crippen LogP) is 7.71. The molecule has 0 fully saturated rings. The van der Waals surface area contributed by atoms with E-state index >= 15 is 0 Å². The van der Waals surface area contributed by atoms with Crippen molar-refractivity contribution in [2.45, 2.75) is 25.8 Å². The van der Waals surface area contributed by atoms with Gasteiger partial charge in [0.05, 0.1) is 7.11 Å². The van der Waals surface area contributed by atoms with E-state index in [0.717, 1.165) is 33.2 Å². The van der Waals surface area contributed by atoms with Gasteiger partial charge in [-0.3, -0.25) is 0 Å². The second-order valence-electron chi connectivity index (χ2n) is 8.51.